The van der Waals surface area contributed by atoms with Crippen molar-refractivity contribution < 1.29 is 14.6 Å². The standard InChI is InChI=1S/C10H18O3/c1-3-4-5-10(9(11)12)6-7-13-8(10)2/h8H,3-7H2,1-2H3,(H,11,12). The number of hydrogen-bond donors (Lipinski definition) is 1. The molecule has 0 aromatic carbocycles. The Morgan fingerprint density at radius 2 is 2.38 bits per heavy atom. The van der Waals surface area contributed by atoms with Crippen molar-refractivity contribution in [2.45, 2.75) is 45.6 Å². The lowest BCUT2D eigenvalue weighted by Gasteiger charge is -2.27. The van der Waals surface area contributed by atoms with Crippen molar-refractivity contribution in [3.8, 4) is 0 Å². The minimum atomic E-state index is -0.689. The normalized spacial score (nSPS) is 33.5. The van der Waals surface area contributed by atoms with Crippen LogP contribution in [0.25, 0.3) is 0 Å². The molecular weight excluding hydrogens is 168 g/mol. The smallest absolute Gasteiger partial charge is 0.312 e. The summed E-state index contributed by atoms with van der Waals surface area (Å²) in [7, 11) is 0. The third-order valence-electron chi connectivity index (χ3n) is 3.10. The second kappa shape index (κ2) is 4.09. The number of hydrogen-bond acceptors (Lipinski definition) is 2. The molecule has 1 fully saturated rings. The van der Waals surface area contributed by atoms with E-state index < -0.39 is 11.4 Å². The fraction of sp³-hybridized carbons (Fsp3) is 0.900. The summed E-state index contributed by atoms with van der Waals surface area (Å²) in [5.41, 5.74) is -0.601. The van der Waals surface area contributed by atoms with Gasteiger partial charge in [0.2, 0.25) is 0 Å². The molecule has 0 bridgehead atoms. The molecule has 76 valence electrons. The Bertz CT molecular complexity index is 191. The topological polar surface area (TPSA) is 46.5 Å². The number of carboxylic acids is 1. The van der Waals surface area contributed by atoms with E-state index in [1.807, 2.05) is 6.92 Å². The summed E-state index contributed by atoms with van der Waals surface area (Å²) in [4.78, 5) is 11.2. The van der Waals surface area contributed by atoms with Gasteiger partial charge in [0.1, 0.15) is 0 Å². The zero-order chi connectivity index (χ0) is 9.90. The summed E-state index contributed by atoms with van der Waals surface area (Å²) in [5, 5.41) is 9.18. The van der Waals surface area contributed by atoms with E-state index in [2.05, 4.69) is 6.92 Å². The monoisotopic (exact) mass is 186 g/mol. The fourth-order valence-electron chi connectivity index (χ4n) is 1.99. The van der Waals surface area contributed by atoms with Crippen LogP contribution in [0.1, 0.15) is 39.5 Å². The largest absolute Gasteiger partial charge is 0.481 e. The summed E-state index contributed by atoms with van der Waals surface area (Å²) in [5.74, 6) is -0.689. The van der Waals surface area contributed by atoms with Gasteiger partial charge >= 0.3 is 5.97 Å². The molecule has 0 spiro atoms. The van der Waals surface area contributed by atoms with Crippen LogP contribution in [-0.2, 0) is 9.53 Å². The zero-order valence-corrected chi connectivity index (χ0v) is 8.38. The first-order valence-electron chi connectivity index (χ1n) is 4.98. The molecule has 1 heterocycles. The van der Waals surface area contributed by atoms with Gasteiger partial charge in [-0.1, -0.05) is 19.8 Å². The molecule has 1 aliphatic rings. The Balaban J connectivity index is 2.68. The number of carbonyl (C=O) groups is 1. The number of aliphatic carboxylic acids is 1. The van der Waals surface area contributed by atoms with Crippen LogP contribution < -0.4 is 0 Å². The van der Waals surface area contributed by atoms with Gasteiger partial charge in [0.25, 0.3) is 0 Å². The van der Waals surface area contributed by atoms with E-state index >= 15 is 0 Å². The van der Waals surface area contributed by atoms with E-state index in [1.54, 1.807) is 0 Å². The van der Waals surface area contributed by atoms with E-state index in [9.17, 15) is 9.90 Å². The van der Waals surface area contributed by atoms with Crippen LogP contribution in [0.5, 0.6) is 0 Å². The van der Waals surface area contributed by atoms with Crippen LogP contribution in [0.15, 0.2) is 0 Å². The van der Waals surface area contributed by atoms with Crippen LogP contribution >= 0.6 is 0 Å². The SMILES string of the molecule is CCCCC1(C(=O)O)CCOC1C. The van der Waals surface area contributed by atoms with Gasteiger partial charge in [-0.3, -0.25) is 4.79 Å². The van der Waals surface area contributed by atoms with Crippen molar-refractivity contribution in [3.63, 3.8) is 0 Å². The molecule has 0 aliphatic carbocycles. The molecule has 0 amide bonds. The molecule has 3 heteroatoms. The second-order valence-electron chi connectivity index (χ2n) is 3.83. The molecule has 1 rings (SSSR count). The maximum Gasteiger partial charge on any atom is 0.312 e. The molecule has 0 aromatic rings. The lowest BCUT2D eigenvalue weighted by molar-refractivity contribution is -0.152. The molecule has 2 atom stereocenters. The molecule has 0 saturated carbocycles. The quantitative estimate of drug-likeness (QED) is 0.731. The number of ether oxygens (including phenoxy) is 1. The zero-order valence-electron chi connectivity index (χ0n) is 8.38. The third-order valence-corrected chi connectivity index (χ3v) is 3.10. The van der Waals surface area contributed by atoms with Gasteiger partial charge in [-0.05, 0) is 19.8 Å². The Kier molecular flexibility index (Phi) is 3.31. The van der Waals surface area contributed by atoms with Crippen molar-refractivity contribution in [2.75, 3.05) is 6.61 Å². The summed E-state index contributed by atoms with van der Waals surface area (Å²) < 4.78 is 5.35. The molecular formula is C10H18O3. The summed E-state index contributed by atoms with van der Waals surface area (Å²) in [6.45, 7) is 4.55. The molecule has 1 saturated heterocycles. The first-order valence-corrected chi connectivity index (χ1v) is 4.98. The molecule has 1 N–H and O–H groups in total. The Labute approximate surface area is 79.1 Å². The highest BCUT2D eigenvalue weighted by Gasteiger charge is 2.47. The van der Waals surface area contributed by atoms with Crippen molar-refractivity contribution in [1.29, 1.82) is 0 Å². The van der Waals surface area contributed by atoms with Crippen molar-refractivity contribution in [2.24, 2.45) is 5.41 Å². The Morgan fingerprint density at radius 1 is 1.69 bits per heavy atom. The van der Waals surface area contributed by atoms with Crippen molar-refractivity contribution in [3.05, 3.63) is 0 Å². The minimum Gasteiger partial charge on any atom is -0.481 e. The van der Waals surface area contributed by atoms with Crippen LogP contribution in [0.4, 0.5) is 0 Å². The van der Waals surface area contributed by atoms with E-state index in [1.165, 1.54) is 0 Å². The maximum atomic E-state index is 11.2. The van der Waals surface area contributed by atoms with Crippen molar-refractivity contribution >= 4 is 5.97 Å². The first kappa shape index (κ1) is 10.5. The lowest BCUT2D eigenvalue weighted by Crippen LogP contribution is -2.37. The van der Waals surface area contributed by atoms with Gasteiger partial charge in [-0.15, -0.1) is 0 Å². The average molecular weight is 186 g/mol. The molecule has 0 aromatic heterocycles. The predicted octanol–water partition coefficient (Wildman–Crippen LogP) is 2.06. The Hall–Kier alpha value is -0.570. The van der Waals surface area contributed by atoms with Crippen LogP contribution in [-0.4, -0.2) is 23.8 Å². The minimum absolute atomic E-state index is 0.128. The highest BCUT2D eigenvalue weighted by molar-refractivity contribution is 5.75. The Morgan fingerprint density at radius 3 is 2.77 bits per heavy atom. The molecule has 0 radical (unpaired) electrons. The lowest BCUT2D eigenvalue weighted by atomic mass is 9.77. The highest BCUT2D eigenvalue weighted by Crippen LogP contribution is 2.39. The van der Waals surface area contributed by atoms with Crippen LogP contribution in [0.2, 0.25) is 0 Å². The van der Waals surface area contributed by atoms with Gasteiger partial charge in [-0.2, -0.15) is 0 Å². The third kappa shape index (κ3) is 1.85. The second-order valence-corrected chi connectivity index (χ2v) is 3.83. The number of unbranched alkanes of at least 4 members (excludes halogenated alkanes) is 1. The average Bonchev–Trinajstić information content (AvgIpc) is 2.45. The van der Waals surface area contributed by atoms with Gasteiger partial charge in [0, 0.05) is 6.61 Å². The van der Waals surface area contributed by atoms with E-state index in [0.29, 0.717) is 13.0 Å². The highest BCUT2D eigenvalue weighted by atomic mass is 16.5. The molecule has 13 heavy (non-hydrogen) atoms. The van der Waals surface area contributed by atoms with E-state index in [-0.39, 0.29) is 6.10 Å². The maximum absolute atomic E-state index is 11.2. The van der Waals surface area contributed by atoms with E-state index in [4.69, 9.17) is 4.74 Å². The molecule has 1 aliphatic heterocycles. The predicted molar refractivity (Wildman–Crippen MR) is 49.6 cm³/mol. The van der Waals surface area contributed by atoms with Gasteiger partial charge < -0.3 is 9.84 Å². The van der Waals surface area contributed by atoms with Crippen molar-refractivity contribution in [1.82, 2.24) is 0 Å². The summed E-state index contributed by atoms with van der Waals surface area (Å²) in [6, 6.07) is 0. The van der Waals surface area contributed by atoms with Gasteiger partial charge in [-0.25, -0.2) is 0 Å². The summed E-state index contributed by atoms with van der Waals surface area (Å²) >= 11 is 0. The first-order chi connectivity index (χ1) is 6.13. The number of carboxylic acid groups (broad SMARTS) is 1. The van der Waals surface area contributed by atoms with E-state index in [0.717, 1.165) is 19.3 Å². The van der Waals surface area contributed by atoms with Crippen LogP contribution in [0, 0.1) is 5.41 Å². The number of rotatable bonds is 4. The van der Waals surface area contributed by atoms with Gasteiger partial charge in [0.15, 0.2) is 0 Å². The van der Waals surface area contributed by atoms with Crippen LogP contribution in [0.3, 0.4) is 0 Å². The van der Waals surface area contributed by atoms with Gasteiger partial charge in [0.05, 0.1) is 11.5 Å². The molecule has 3 nitrogen and oxygen atoms in total. The molecule has 2 unspecified atom stereocenters. The fourth-order valence-corrected chi connectivity index (χ4v) is 1.99. The summed E-state index contributed by atoms with van der Waals surface area (Å²) in [6.07, 6.45) is 3.31.